The fraction of sp³-hybridized carbons (Fsp3) is 0.238. The summed E-state index contributed by atoms with van der Waals surface area (Å²) < 4.78 is 39.2. The molecular formula is C21H16ClF3N6O3S. The number of halogens is 4. The summed E-state index contributed by atoms with van der Waals surface area (Å²) in [6.45, 7) is 1.86. The molecule has 0 radical (unpaired) electrons. The summed E-state index contributed by atoms with van der Waals surface area (Å²) in [5.74, 6) is -1.05. The Bertz CT molecular complexity index is 1330. The average molecular weight is 525 g/mol. The Morgan fingerprint density at radius 3 is 2.77 bits per heavy atom. The monoisotopic (exact) mass is 524 g/mol. The first-order valence-electron chi connectivity index (χ1n) is 10.1. The maximum Gasteiger partial charge on any atom is 0.417 e. The molecule has 1 atom stereocenters. The van der Waals surface area contributed by atoms with Crippen molar-refractivity contribution in [2.75, 3.05) is 10.6 Å². The third-order valence-corrected chi connectivity index (χ3v) is 6.61. The van der Waals surface area contributed by atoms with Crippen LogP contribution in [0, 0.1) is 0 Å². The number of anilines is 2. The molecule has 9 nitrogen and oxygen atoms in total. The standard InChI is InChI=1S/C21H16ClF3N6O3S/c1-9(4-14(32)16-11-6-27-20(34)31-17(11)29-8-28-16)19-26-7-15(35-19)18(33)30-10-2-3-13(22)12(5-10)21(23,24)25/h2-3,5,7-9H,4,6H2,1H3,(H,30,33)(H2,27,28,29,31,34)/t9-/m0/s1. The number of carbonyl (C=O) groups is 3. The Balaban J connectivity index is 1.44. The van der Waals surface area contributed by atoms with Crippen molar-refractivity contribution < 1.29 is 27.6 Å². The van der Waals surface area contributed by atoms with E-state index in [-0.39, 0.29) is 46.7 Å². The molecule has 0 spiro atoms. The number of fused-ring (bicyclic) bond motifs is 1. The van der Waals surface area contributed by atoms with E-state index in [2.05, 4.69) is 30.9 Å². The number of urea groups is 1. The second kappa shape index (κ2) is 9.58. The molecule has 1 aliphatic rings. The first-order chi connectivity index (χ1) is 16.5. The molecule has 4 rings (SSSR count). The third kappa shape index (κ3) is 5.41. The van der Waals surface area contributed by atoms with E-state index in [1.54, 1.807) is 6.92 Å². The van der Waals surface area contributed by atoms with Gasteiger partial charge in [-0.2, -0.15) is 13.2 Å². The number of hydrogen-bond acceptors (Lipinski definition) is 7. The number of ketones is 1. The molecule has 14 heteroatoms. The lowest BCUT2D eigenvalue weighted by molar-refractivity contribution is -0.137. The Morgan fingerprint density at radius 2 is 2.03 bits per heavy atom. The molecule has 1 aromatic carbocycles. The van der Waals surface area contributed by atoms with Crippen LogP contribution in [0.3, 0.4) is 0 Å². The molecule has 0 saturated carbocycles. The predicted molar refractivity (Wildman–Crippen MR) is 122 cm³/mol. The Morgan fingerprint density at radius 1 is 1.26 bits per heavy atom. The van der Waals surface area contributed by atoms with Gasteiger partial charge in [0.25, 0.3) is 5.91 Å². The van der Waals surface area contributed by atoms with Gasteiger partial charge in [0.05, 0.1) is 28.3 Å². The van der Waals surface area contributed by atoms with Crippen molar-refractivity contribution in [1.29, 1.82) is 0 Å². The zero-order valence-corrected chi connectivity index (χ0v) is 19.4. The predicted octanol–water partition coefficient (Wildman–Crippen LogP) is 4.87. The van der Waals surface area contributed by atoms with Gasteiger partial charge in [-0.25, -0.2) is 19.7 Å². The van der Waals surface area contributed by atoms with Gasteiger partial charge in [0, 0.05) is 23.6 Å². The van der Waals surface area contributed by atoms with E-state index in [4.69, 9.17) is 11.6 Å². The quantitative estimate of drug-likeness (QED) is 0.395. The highest BCUT2D eigenvalue weighted by atomic mass is 35.5. The number of hydrogen-bond donors (Lipinski definition) is 3. The van der Waals surface area contributed by atoms with Crippen molar-refractivity contribution in [3.05, 3.63) is 62.5 Å². The molecule has 0 fully saturated rings. The molecule has 0 aliphatic carbocycles. The number of nitrogens with zero attached hydrogens (tertiary/aromatic N) is 3. The number of aromatic nitrogens is 3. The van der Waals surface area contributed by atoms with Crippen molar-refractivity contribution in [2.45, 2.75) is 32.0 Å². The minimum atomic E-state index is -4.66. The molecule has 0 unspecified atom stereocenters. The number of rotatable bonds is 6. The van der Waals surface area contributed by atoms with Crippen LogP contribution in [0.1, 0.15) is 55.6 Å². The summed E-state index contributed by atoms with van der Waals surface area (Å²) in [6, 6.07) is 2.64. The lowest BCUT2D eigenvalue weighted by atomic mass is 10.0. The van der Waals surface area contributed by atoms with E-state index < -0.39 is 28.7 Å². The Labute approximate surface area is 205 Å². The number of alkyl halides is 3. The lowest BCUT2D eigenvalue weighted by Gasteiger charge is -2.19. The van der Waals surface area contributed by atoms with Crippen LogP contribution in [-0.4, -0.2) is 32.7 Å². The van der Waals surface area contributed by atoms with Crippen LogP contribution in [0.5, 0.6) is 0 Å². The van der Waals surface area contributed by atoms with Crippen LogP contribution in [-0.2, 0) is 12.7 Å². The molecule has 0 saturated heterocycles. The highest BCUT2D eigenvalue weighted by Gasteiger charge is 2.33. The number of Topliss-reactive ketones (excluding diaryl/α,β-unsaturated/α-hetero) is 1. The molecule has 2 aromatic heterocycles. The second-order valence-electron chi connectivity index (χ2n) is 7.59. The summed E-state index contributed by atoms with van der Waals surface area (Å²) in [5.41, 5.74) is -0.480. The van der Waals surface area contributed by atoms with Crippen LogP contribution in [0.15, 0.2) is 30.7 Å². The van der Waals surface area contributed by atoms with Crippen LogP contribution in [0.4, 0.5) is 29.5 Å². The minimum absolute atomic E-state index is 0.0259. The highest BCUT2D eigenvalue weighted by Crippen LogP contribution is 2.36. The first-order valence-corrected chi connectivity index (χ1v) is 11.3. The number of amides is 3. The molecule has 182 valence electrons. The Hall–Kier alpha value is -3.58. The van der Waals surface area contributed by atoms with Crippen molar-refractivity contribution in [3.8, 4) is 0 Å². The topological polar surface area (TPSA) is 126 Å². The normalized spacial score (nSPS) is 13.9. The maximum atomic E-state index is 13.1. The van der Waals surface area contributed by atoms with Crippen LogP contribution >= 0.6 is 22.9 Å². The van der Waals surface area contributed by atoms with Crippen LogP contribution < -0.4 is 16.0 Å². The van der Waals surface area contributed by atoms with Crippen LogP contribution in [0.2, 0.25) is 5.02 Å². The van der Waals surface area contributed by atoms with Gasteiger partial charge in [-0.05, 0) is 18.2 Å². The summed E-state index contributed by atoms with van der Waals surface area (Å²) in [5, 5.41) is 7.49. The van der Waals surface area contributed by atoms with E-state index in [1.165, 1.54) is 18.6 Å². The molecule has 3 aromatic rings. The van der Waals surface area contributed by atoms with E-state index >= 15 is 0 Å². The largest absolute Gasteiger partial charge is 0.417 e. The zero-order chi connectivity index (χ0) is 25.3. The van der Waals surface area contributed by atoms with Crippen molar-refractivity contribution in [1.82, 2.24) is 20.3 Å². The third-order valence-electron chi connectivity index (χ3n) is 5.06. The zero-order valence-electron chi connectivity index (χ0n) is 17.9. The van der Waals surface area contributed by atoms with E-state index in [9.17, 15) is 27.6 Å². The number of nitrogens with one attached hydrogen (secondary N) is 3. The van der Waals surface area contributed by atoms with Crippen molar-refractivity contribution >= 4 is 52.2 Å². The summed E-state index contributed by atoms with van der Waals surface area (Å²) in [7, 11) is 0. The van der Waals surface area contributed by atoms with E-state index in [1.807, 2.05) is 0 Å². The van der Waals surface area contributed by atoms with Crippen LogP contribution in [0.25, 0.3) is 0 Å². The Kier molecular flexibility index (Phi) is 6.72. The van der Waals surface area contributed by atoms with Crippen molar-refractivity contribution in [2.24, 2.45) is 0 Å². The molecule has 3 amide bonds. The summed E-state index contributed by atoms with van der Waals surface area (Å²) in [6.07, 6.45) is -2.15. The molecule has 0 bridgehead atoms. The number of thiazole rings is 1. The van der Waals surface area contributed by atoms with Gasteiger partial charge in [0.1, 0.15) is 22.7 Å². The lowest BCUT2D eigenvalue weighted by Crippen LogP contribution is -2.35. The van der Waals surface area contributed by atoms with E-state index in [0.29, 0.717) is 10.6 Å². The van der Waals surface area contributed by atoms with Crippen molar-refractivity contribution in [3.63, 3.8) is 0 Å². The summed E-state index contributed by atoms with van der Waals surface area (Å²) >= 11 is 6.63. The molecule has 3 N–H and O–H groups in total. The average Bonchev–Trinajstić information content (AvgIpc) is 3.29. The minimum Gasteiger partial charge on any atom is -0.334 e. The van der Waals surface area contributed by atoms with Gasteiger partial charge in [0.15, 0.2) is 5.78 Å². The fourth-order valence-electron chi connectivity index (χ4n) is 3.34. The fourth-order valence-corrected chi connectivity index (χ4v) is 4.43. The van der Waals surface area contributed by atoms with Gasteiger partial charge in [-0.1, -0.05) is 18.5 Å². The van der Waals surface area contributed by atoms with Gasteiger partial charge in [-0.15, -0.1) is 11.3 Å². The maximum absolute atomic E-state index is 13.1. The SMILES string of the molecule is C[C@@H](CC(=O)c1ncnc2c1CNC(=O)N2)c1ncc(C(=O)Nc2ccc(Cl)c(C(F)(F)F)c2)s1. The van der Waals surface area contributed by atoms with Gasteiger partial charge >= 0.3 is 12.2 Å². The second-order valence-corrected chi connectivity index (χ2v) is 9.06. The highest BCUT2D eigenvalue weighted by molar-refractivity contribution is 7.13. The molecule has 3 heterocycles. The number of benzene rings is 1. The van der Waals surface area contributed by atoms with Gasteiger partial charge in [-0.3, -0.25) is 14.9 Å². The smallest absolute Gasteiger partial charge is 0.334 e. The number of carbonyl (C=O) groups excluding carboxylic acids is 3. The van der Waals surface area contributed by atoms with E-state index in [0.717, 1.165) is 23.5 Å². The first kappa shape index (κ1) is 24.5. The van der Waals surface area contributed by atoms with Gasteiger partial charge < -0.3 is 10.6 Å². The van der Waals surface area contributed by atoms with Gasteiger partial charge in [0.2, 0.25) is 0 Å². The molecule has 35 heavy (non-hydrogen) atoms. The molecule has 1 aliphatic heterocycles. The summed E-state index contributed by atoms with van der Waals surface area (Å²) in [4.78, 5) is 49.2. The molecular weight excluding hydrogens is 509 g/mol.